The molecule has 0 spiro atoms. The van der Waals surface area contributed by atoms with Crippen LogP contribution in [0.2, 0.25) is 0 Å². The Morgan fingerprint density at radius 3 is 2.43 bits per heavy atom. The summed E-state index contributed by atoms with van der Waals surface area (Å²) in [7, 11) is 0. The molecule has 0 fully saturated rings. The van der Waals surface area contributed by atoms with E-state index < -0.39 is 29.2 Å². The molecular formula is C7H3F4NO2. The number of carbonyl (C=O) groups is 1. The van der Waals surface area contributed by atoms with Crippen LogP contribution in [0, 0.1) is 5.82 Å². The Kier molecular flexibility index (Phi) is 2.41. The highest BCUT2D eigenvalue weighted by molar-refractivity contribution is 5.85. The standard InChI is InChI=1S/C7H3F4NO2/c8-4-3(7(9,10)11)1-2-12-5(4)6(13)14/h1-2H,(H,13,14). The Labute approximate surface area is 75.0 Å². The molecule has 0 aromatic carbocycles. The van der Waals surface area contributed by atoms with Gasteiger partial charge in [-0.05, 0) is 6.07 Å². The van der Waals surface area contributed by atoms with Crippen molar-refractivity contribution in [1.29, 1.82) is 0 Å². The summed E-state index contributed by atoms with van der Waals surface area (Å²) in [6.07, 6.45) is -4.33. The van der Waals surface area contributed by atoms with Crippen LogP contribution >= 0.6 is 0 Å². The van der Waals surface area contributed by atoms with Crippen LogP contribution in [0.3, 0.4) is 0 Å². The second kappa shape index (κ2) is 3.24. The molecule has 7 heteroatoms. The second-order valence-electron chi connectivity index (χ2n) is 2.32. The van der Waals surface area contributed by atoms with Crippen LogP contribution in [0.5, 0.6) is 0 Å². The molecule has 0 radical (unpaired) electrons. The van der Waals surface area contributed by atoms with Crippen LogP contribution < -0.4 is 0 Å². The summed E-state index contributed by atoms with van der Waals surface area (Å²) in [6, 6.07) is 0.377. The van der Waals surface area contributed by atoms with E-state index in [1.165, 1.54) is 0 Å². The number of nitrogens with zero attached hydrogens (tertiary/aromatic N) is 1. The van der Waals surface area contributed by atoms with Crippen molar-refractivity contribution in [2.45, 2.75) is 6.18 Å². The molecule has 0 aliphatic heterocycles. The smallest absolute Gasteiger partial charge is 0.419 e. The number of rotatable bonds is 1. The lowest BCUT2D eigenvalue weighted by Gasteiger charge is -2.07. The molecule has 14 heavy (non-hydrogen) atoms. The first kappa shape index (κ1) is 10.4. The minimum Gasteiger partial charge on any atom is -0.476 e. The van der Waals surface area contributed by atoms with Gasteiger partial charge in [0.2, 0.25) is 0 Å². The molecule has 76 valence electrons. The van der Waals surface area contributed by atoms with Gasteiger partial charge in [0.15, 0.2) is 11.5 Å². The molecule has 0 aliphatic rings. The number of aromatic nitrogens is 1. The molecule has 0 aliphatic carbocycles. The number of halogens is 4. The van der Waals surface area contributed by atoms with Gasteiger partial charge in [0, 0.05) is 6.20 Å². The van der Waals surface area contributed by atoms with Gasteiger partial charge in [0.1, 0.15) is 0 Å². The first-order chi connectivity index (χ1) is 6.34. The maximum atomic E-state index is 12.9. The number of aromatic carboxylic acids is 1. The minimum absolute atomic E-state index is 0.377. The molecule has 0 atom stereocenters. The van der Waals surface area contributed by atoms with Crippen LogP contribution in [0.1, 0.15) is 16.1 Å². The van der Waals surface area contributed by atoms with Gasteiger partial charge in [-0.1, -0.05) is 0 Å². The zero-order valence-corrected chi connectivity index (χ0v) is 6.47. The molecule has 0 unspecified atom stereocenters. The highest BCUT2D eigenvalue weighted by Crippen LogP contribution is 2.31. The number of hydrogen-bond donors (Lipinski definition) is 1. The highest BCUT2D eigenvalue weighted by atomic mass is 19.4. The summed E-state index contributed by atoms with van der Waals surface area (Å²) < 4.78 is 49.0. The fourth-order valence-electron chi connectivity index (χ4n) is 0.812. The molecule has 0 saturated carbocycles. The normalized spacial score (nSPS) is 11.4. The molecule has 1 heterocycles. The van der Waals surface area contributed by atoms with E-state index in [1.54, 1.807) is 0 Å². The Morgan fingerprint density at radius 2 is 2.00 bits per heavy atom. The van der Waals surface area contributed by atoms with E-state index in [9.17, 15) is 22.4 Å². The molecule has 0 saturated heterocycles. The topological polar surface area (TPSA) is 50.2 Å². The molecule has 3 nitrogen and oxygen atoms in total. The third-order valence-electron chi connectivity index (χ3n) is 1.40. The van der Waals surface area contributed by atoms with Crippen molar-refractivity contribution in [3.63, 3.8) is 0 Å². The SMILES string of the molecule is O=C(O)c1nccc(C(F)(F)F)c1F. The predicted octanol–water partition coefficient (Wildman–Crippen LogP) is 1.94. The van der Waals surface area contributed by atoms with Crippen molar-refractivity contribution in [2.75, 3.05) is 0 Å². The summed E-state index contributed by atoms with van der Waals surface area (Å²) in [5, 5.41) is 8.29. The van der Waals surface area contributed by atoms with Gasteiger partial charge in [-0.2, -0.15) is 13.2 Å². The summed E-state index contributed by atoms with van der Waals surface area (Å²) in [4.78, 5) is 13.2. The molecule has 1 N–H and O–H groups in total. The number of hydrogen-bond acceptors (Lipinski definition) is 2. The highest BCUT2D eigenvalue weighted by Gasteiger charge is 2.36. The minimum atomic E-state index is -4.92. The Bertz CT molecular complexity index is 374. The van der Waals surface area contributed by atoms with Crippen molar-refractivity contribution >= 4 is 5.97 Å². The van der Waals surface area contributed by atoms with E-state index in [-0.39, 0.29) is 0 Å². The monoisotopic (exact) mass is 209 g/mol. The summed E-state index contributed by atoms with van der Waals surface area (Å²) in [5.74, 6) is -3.71. The molecular weight excluding hydrogens is 206 g/mol. The maximum Gasteiger partial charge on any atom is 0.419 e. The van der Waals surface area contributed by atoms with E-state index in [4.69, 9.17) is 5.11 Å². The van der Waals surface area contributed by atoms with Crippen molar-refractivity contribution in [2.24, 2.45) is 0 Å². The van der Waals surface area contributed by atoms with E-state index >= 15 is 0 Å². The van der Waals surface area contributed by atoms with Crippen molar-refractivity contribution < 1.29 is 27.5 Å². The van der Waals surface area contributed by atoms with Gasteiger partial charge in [-0.15, -0.1) is 0 Å². The van der Waals surface area contributed by atoms with Gasteiger partial charge < -0.3 is 5.11 Å². The molecule has 0 amide bonds. The number of carboxylic acids is 1. The Hall–Kier alpha value is -1.66. The van der Waals surface area contributed by atoms with E-state index in [0.717, 1.165) is 0 Å². The molecule has 1 aromatic heterocycles. The van der Waals surface area contributed by atoms with Crippen molar-refractivity contribution in [3.8, 4) is 0 Å². The van der Waals surface area contributed by atoms with Gasteiger partial charge in [-0.3, -0.25) is 0 Å². The summed E-state index contributed by atoms with van der Waals surface area (Å²) in [6.45, 7) is 0. The van der Waals surface area contributed by atoms with Crippen LogP contribution in [-0.2, 0) is 6.18 Å². The van der Waals surface area contributed by atoms with E-state index in [1.807, 2.05) is 0 Å². The lowest BCUT2D eigenvalue weighted by Crippen LogP contribution is -2.13. The number of pyridine rings is 1. The zero-order valence-electron chi connectivity index (χ0n) is 6.47. The number of carboxylic acid groups (broad SMARTS) is 1. The molecule has 1 rings (SSSR count). The Balaban J connectivity index is 3.35. The molecule has 1 aromatic rings. The zero-order chi connectivity index (χ0) is 10.9. The van der Waals surface area contributed by atoms with E-state index in [2.05, 4.69) is 4.98 Å². The first-order valence-corrected chi connectivity index (χ1v) is 3.29. The van der Waals surface area contributed by atoms with Gasteiger partial charge >= 0.3 is 12.1 Å². The summed E-state index contributed by atoms with van der Waals surface area (Å²) in [5.41, 5.74) is -2.87. The van der Waals surface area contributed by atoms with Crippen LogP contribution in [0.4, 0.5) is 17.6 Å². The van der Waals surface area contributed by atoms with Crippen molar-refractivity contribution in [3.05, 3.63) is 29.3 Å². The third kappa shape index (κ3) is 1.81. The van der Waals surface area contributed by atoms with Crippen LogP contribution in [-0.4, -0.2) is 16.1 Å². The quantitative estimate of drug-likeness (QED) is 0.719. The summed E-state index contributed by atoms with van der Waals surface area (Å²) >= 11 is 0. The fourth-order valence-corrected chi connectivity index (χ4v) is 0.812. The van der Waals surface area contributed by atoms with Crippen LogP contribution in [0.25, 0.3) is 0 Å². The van der Waals surface area contributed by atoms with Gasteiger partial charge in [0.05, 0.1) is 5.56 Å². The number of alkyl halides is 3. The second-order valence-corrected chi connectivity index (χ2v) is 2.32. The van der Waals surface area contributed by atoms with Crippen LogP contribution in [0.15, 0.2) is 12.3 Å². The first-order valence-electron chi connectivity index (χ1n) is 3.29. The fraction of sp³-hybridized carbons (Fsp3) is 0.143. The maximum absolute atomic E-state index is 12.9. The largest absolute Gasteiger partial charge is 0.476 e. The Morgan fingerprint density at radius 1 is 1.43 bits per heavy atom. The van der Waals surface area contributed by atoms with Gasteiger partial charge in [-0.25, -0.2) is 14.2 Å². The predicted molar refractivity (Wildman–Crippen MR) is 36.2 cm³/mol. The lowest BCUT2D eigenvalue weighted by molar-refractivity contribution is -0.140. The molecule has 0 bridgehead atoms. The average Bonchev–Trinajstić information content (AvgIpc) is 2.01. The third-order valence-corrected chi connectivity index (χ3v) is 1.40. The lowest BCUT2D eigenvalue weighted by atomic mass is 10.2. The van der Waals surface area contributed by atoms with E-state index in [0.29, 0.717) is 12.3 Å². The van der Waals surface area contributed by atoms with Gasteiger partial charge in [0.25, 0.3) is 0 Å². The van der Waals surface area contributed by atoms with Crippen molar-refractivity contribution in [1.82, 2.24) is 4.98 Å². The average molecular weight is 209 g/mol.